The summed E-state index contributed by atoms with van der Waals surface area (Å²) in [7, 11) is 0. The fourth-order valence-corrected chi connectivity index (χ4v) is 4.38. The number of fused-ring (bicyclic) bond motifs is 1. The highest BCUT2D eigenvalue weighted by molar-refractivity contribution is 5.80. The van der Waals surface area contributed by atoms with Crippen molar-refractivity contribution in [3.63, 3.8) is 0 Å². The number of carbonyl (C=O) groups excluding carboxylic acids is 1. The lowest BCUT2D eigenvalue weighted by Gasteiger charge is -2.31. The zero-order chi connectivity index (χ0) is 15.6. The van der Waals surface area contributed by atoms with Gasteiger partial charge in [0.05, 0.1) is 0 Å². The molecule has 0 unspecified atom stereocenters. The van der Waals surface area contributed by atoms with Gasteiger partial charge in [-0.15, -0.1) is 0 Å². The van der Waals surface area contributed by atoms with E-state index in [0.717, 1.165) is 52.1 Å². The van der Waals surface area contributed by atoms with Crippen molar-refractivity contribution in [3.05, 3.63) is 30.1 Å². The van der Waals surface area contributed by atoms with Crippen molar-refractivity contribution in [3.8, 4) is 0 Å². The van der Waals surface area contributed by atoms with Gasteiger partial charge in [-0.25, -0.2) is 0 Å². The molecule has 3 saturated heterocycles. The molecule has 0 bridgehead atoms. The molecule has 0 N–H and O–H groups in total. The van der Waals surface area contributed by atoms with Crippen molar-refractivity contribution < 1.29 is 9.53 Å². The Kier molecular flexibility index (Phi) is 4.31. The summed E-state index contributed by atoms with van der Waals surface area (Å²) < 4.78 is 5.44. The van der Waals surface area contributed by atoms with Crippen LogP contribution in [0.3, 0.4) is 0 Å². The third-order valence-electron chi connectivity index (χ3n) is 5.63. The van der Waals surface area contributed by atoms with Crippen LogP contribution in [-0.2, 0) is 16.1 Å². The Balaban J connectivity index is 1.40. The smallest absolute Gasteiger partial charge is 0.224 e. The number of amides is 1. The number of aromatic nitrogens is 1. The first-order valence-electron chi connectivity index (χ1n) is 8.81. The maximum absolute atomic E-state index is 12.5. The number of nitrogens with zero attached hydrogens (tertiary/aromatic N) is 3. The van der Waals surface area contributed by atoms with Crippen molar-refractivity contribution in [1.82, 2.24) is 14.8 Å². The minimum atomic E-state index is 0.349. The van der Waals surface area contributed by atoms with Crippen LogP contribution in [0, 0.1) is 5.92 Å². The maximum Gasteiger partial charge on any atom is 0.224 e. The summed E-state index contributed by atoms with van der Waals surface area (Å²) in [6, 6.07) is 4.92. The lowest BCUT2D eigenvalue weighted by molar-refractivity contribution is -0.130. The predicted octanol–water partition coefficient (Wildman–Crippen LogP) is 1.68. The molecule has 3 fully saturated rings. The SMILES string of the molecule is O=C1C[C@@H]2[C@H](CCN2Cc2cccnc2)N1CC1CCOCC1. The Labute approximate surface area is 137 Å². The zero-order valence-electron chi connectivity index (χ0n) is 13.6. The van der Waals surface area contributed by atoms with E-state index in [-0.39, 0.29) is 0 Å². The van der Waals surface area contributed by atoms with Crippen molar-refractivity contribution in [2.75, 3.05) is 26.3 Å². The van der Waals surface area contributed by atoms with E-state index in [1.54, 1.807) is 0 Å². The average Bonchev–Trinajstić information content (AvgIpc) is 3.10. The summed E-state index contributed by atoms with van der Waals surface area (Å²) in [5.74, 6) is 0.973. The van der Waals surface area contributed by atoms with Gasteiger partial charge < -0.3 is 9.64 Å². The molecule has 1 aromatic heterocycles. The summed E-state index contributed by atoms with van der Waals surface area (Å²) in [5, 5.41) is 0. The van der Waals surface area contributed by atoms with Crippen LogP contribution in [0.5, 0.6) is 0 Å². The van der Waals surface area contributed by atoms with Gasteiger partial charge in [0.1, 0.15) is 0 Å². The lowest BCUT2D eigenvalue weighted by Crippen LogP contribution is -2.40. The van der Waals surface area contributed by atoms with Gasteiger partial charge in [-0.05, 0) is 36.8 Å². The molecule has 2 atom stereocenters. The Bertz CT molecular complexity index is 544. The molecule has 4 rings (SSSR count). The van der Waals surface area contributed by atoms with E-state index in [4.69, 9.17) is 4.74 Å². The van der Waals surface area contributed by atoms with Gasteiger partial charge in [0.2, 0.25) is 5.91 Å². The summed E-state index contributed by atoms with van der Waals surface area (Å²) in [6.45, 7) is 4.64. The van der Waals surface area contributed by atoms with Gasteiger partial charge in [-0.2, -0.15) is 0 Å². The van der Waals surface area contributed by atoms with Crippen LogP contribution < -0.4 is 0 Å². The van der Waals surface area contributed by atoms with Gasteiger partial charge >= 0.3 is 0 Å². The van der Waals surface area contributed by atoms with Gasteiger partial charge in [0, 0.05) is 63.7 Å². The van der Waals surface area contributed by atoms with E-state index in [1.807, 2.05) is 18.5 Å². The Hall–Kier alpha value is -1.46. The van der Waals surface area contributed by atoms with Crippen molar-refractivity contribution in [2.24, 2.45) is 5.92 Å². The number of hydrogen-bond acceptors (Lipinski definition) is 4. The quantitative estimate of drug-likeness (QED) is 0.848. The molecular weight excluding hydrogens is 290 g/mol. The van der Waals surface area contributed by atoms with Gasteiger partial charge in [0.25, 0.3) is 0 Å². The van der Waals surface area contributed by atoms with Crippen LogP contribution in [0.15, 0.2) is 24.5 Å². The first kappa shape index (κ1) is 15.1. The predicted molar refractivity (Wildman–Crippen MR) is 86.7 cm³/mol. The van der Waals surface area contributed by atoms with E-state index < -0.39 is 0 Å². The van der Waals surface area contributed by atoms with Crippen LogP contribution in [0.4, 0.5) is 0 Å². The molecule has 5 heteroatoms. The minimum Gasteiger partial charge on any atom is -0.381 e. The van der Waals surface area contributed by atoms with Crippen LogP contribution >= 0.6 is 0 Å². The van der Waals surface area contributed by atoms with Crippen molar-refractivity contribution >= 4 is 5.91 Å². The summed E-state index contributed by atoms with van der Waals surface area (Å²) in [5.41, 5.74) is 1.24. The number of pyridine rings is 1. The van der Waals surface area contributed by atoms with E-state index in [2.05, 4.69) is 20.9 Å². The highest BCUT2D eigenvalue weighted by atomic mass is 16.5. The third-order valence-corrected chi connectivity index (χ3v) is 5.63. The van der Waals surface area contributed by atoms with E-state index in [0.29, 0.717) is 30.3 Å². The molecule has 124 valence electrons. The maximum atomic E-state index is 12.5. The minimum absolute atomic E-state index is 0.349. The average molecular weight is 315 g/mol. The van der Waals surface area contributed by atoms with Crippen LogP contribution in [0.1, 0.15) is 31.2 Å². The van der Waals surface area contributed by atoms with Crippen LogP contribution in [0.25, 0.3) is 0 Å². The highest BCUT2D eigenvalue weighted by Crippen LogP contribution is 2.34. The molecule has 5 nitrogen and oxygen atoms in total. The molecule has 0 aliphatic carbocycles. The number of ether oxygens (including phenoxy) is 1. The summed E-state index contributed by atoms with van der Waals surface area (Å²) >= 11 is 0. The Morgan fingerprint density at radius 2 is 2.09 bits per heavy atom. The number of hydrogen-bond donors (Lipinski definition) is 0. The standard InChI is InChI=1S/C18H25N3O2/c22-18-10-17-16(21(18)13-14-4-8-23-9-5-14)3-7-20(17)12-15-2-1-6-19-11-15/h1-2,6,11,14,16-17H,3-5,7-10,12-13H2/t16-,17+/m0/s1. The second kappa shape index (κ2) is 6.57. The molecule has 0 spiro atoms. The fourth-order valence-electron chi connectivity index (χ4n) is 4.38. The monoisotopic (exact) mass is 315 g/mol. The first-order chi connectivity index (χ1) is 11.3. The number of rotatable bonds is 4. The normalized spacial score (nSPS) is 29.2. The molecule has 0 saturated carbocycles. The van der Waals surface area contributed by atoms with Gasteiger partial charge in [-0.1, -0.05) is 6.07 Å². The Morgan fingerprint density at radius 3 is 2.87 bits per heavy atom. The van der Waals surface area contributed by atoms with Crippen LogP contribution in [-0.4, -0.2) is 59.1 Å². The van der Waals surface area contributed by atoms with E-state index in [9.17, 15) is 4.79 Å². The second-order valence-electron chi connectivity index (χ2n) is 7.06. The third kappa shape index (κ3) is 3.12. The molecule has 3 aliphatic heterocycles. The molecular formula is C18H25N3O2. The van der Waals surface area contributed by atoms with Crippen LogP contribution in [0.2, 0.25) is 0 Å². The molecule has 3 aliphatic rings. The van der Waals surface area contributed by atoms with Gasteiger partial charge in [0.15, 0.2) is 0 Å². The number of carbonyl (C=O) groups is 1. The van der Waals surface area contributed by atoms with Crippen molar-refractivity contribution in [2.45, 2.75) is 44.3 Å². The lowest BCUT2D eigenvalue weighted by atomic mass is 9.99. The zero-order valence-corrected chi connectivity index (χ0v) is 13.6. The van der Waals surface area contributed by atoms with Crippen molar-refractivity contribution in [1.29, 1.82) is 0 Å². The van der Waals surface area contributed by atoms with E-state index in [1.165, 1.54) is 5.56 Å². The molecule has 4 heterocycles. The first-order valence-corrected chi connectivity index (χ1v) is 8.81. The molecule has 0 radical (unpaired) electrons. The highest BCUT2D eigenvalue weighted by Gasteiger charge is 2.46. The fraction of sp³-hybridized carbons (Fsp3) is 0.667. The molecule has 23 heavy (non-hydrogen) atoms. The molecule has 1 amide bonds. The Morgan fingerprint density at radius 1 is 1.22 bits per heavy atom. The topological polar surface area (TPSA) is 45.7 Å². The second-order valence-corrected chi connectivity index (χ2v) is 7.06. The summed E-state index contributed by atoms with van der Waals surface area (Å²) in [4.78, 5) is 21.4. The van der Waals surface area contributed by atoms with E-state index >= 15 is 0 Å². The largest absolute Gasteiger partial charge is 0.381 e. The summed E-state index contributed by atoms with van der Waals surface area (Å²) in [6.07, 6.45) is 7.74. The molecule has 0 aromatic carbocycles. The van der Waals surface area contributed by atoms with Gasteiger partial charge in [-0.3, -0.25) is 14.7 Å². The number of likely N-dealkylation sites (tertiary alicyclic amines) is 2. The molecule has 1 aromatic rings.